The molecule has 4 amide bonds. The highest BCUT2D eigenvalue weighted by Gasteiger charge is 2.55. The Morgan fingerprint density at radius 1 is 1.00 bits per heavy atom. The Kier molecular flexibility index (Phi) is 3.08. The van der Waals surface area contributed by atoms with Crippen LogP contribution in [0, 0.1) is 11.8 Å². The minimum absolute atomic E-state index is 0.0852. The maximum Gasteiger partial charge on any atom is 0.242 e. The van der Waals surface area contributed by atoms with E-state index < -0.39 is 35.5 Å². The quantitative estimate of drug-likeness (QED) is 0.574. The second-order valence-corrected chi connectivity index (χ2v) is 5.33. The van der Waals surface area contributed by atoms with Gasteiger partial charge in [0.1, 0.15) is 5.92 Å². The summed E-state index contributed by atoms with van der Waals surface area (Å²) in [5, 5.41) is 0. The zero-order chi connectivity index (χ0) is 15.1. The Morgan fingerprint density at radius 3 is 2.33 bits per heavy atom. The number of rotatable bonds is 2. The van der Waals surface area contributed by atoms with E-state index in [1.54, 1.807) is 12.1 Å². The van der Waals surface area contributed by atoms with Gasteiger partial charge in [0, 0.05) is 13.5 Å². The lowest BCUT2D eigenvalue weighted by Gasteiger charge is -2.30. The van der Waals surface area contributed by atoms with E-state index in [1.807, 2.05) is 18.2 Å². The molecule has 0 aromatic heterocycles. The Hall–Kier alpha value is -2.50. The van der Waals surface area contributed by atoms with E-state index in [0.717, 1.165) is 15.4 Å². The van der Waals surface area contributed by atoms with Crippen LogP contribution in [0.4, 0.5) is 0 Å². The van der Waals surface area contributed by atoms with E-state index in [2.05, 4.69) is 0 Å². The van der Waals surface area contributed by atoms with Crippen molar-refractivity contribution in [1.29, 1.82) is 0 Å². The molecule has 0 unspecified atom stereocenters. The number of carbonyl (C=O) groups excluding carboxylic acids is 4. The molecule has 2 aliphatic rings. The van der Waals surface area contributed by atoms with Gasteiger partial charge in [0.15, 0.2) is 0 Å². The molecule has 0 N–H and O–H groups in total. The zero-order valence-electron chi connectivity index (χ0n) is 11.5. The molecule has 0 radical (unpaired) electrons. The topological polar surface area (TPSA) is 74.8 Å². The Labute approximate surface area is 121 Å². The van der Waals surface area contributed by atoms with Gasteiger partial charge >= 0.3 is 0 Å². The van der Waals surface area contributed by atoms with Gasteiger partial charge in [-0.2, -0.15) is 0 Å². The van der Waals surface area contributed by atoms with E-state index >= 15 is 0 Å². The van der Waals surface area contributed by atoms with Gasteiger partial charge < -0.3 is 0 Å². The van der Waals surface area contributed by atoms with Crippen molar-refractivity contribution >= 4 is 23.6 Å². The van der Waals surface area contributed by atoms with E-state index in [0.29, 0.717) is 0 Å². The summed E-state index contributed by atoms with van der Waals surface area (Å²) in [7, 11) is 1.35. The first kappa shape index (κ1) is 13.5. The molecule has 0 saturated carbocycles. The second kappa shape index (κ2) is 4.80. The molecule has 108 valence electrons. The van der Waals surface area contributed by atoms with Crippen LogP contribution in [0.25, 0.3) is 0 Å². The Bertz CT molecular complexity index is 640. The first-order chi connectivity index (χ1) is 10.0. The van der Waals surface area contributed by atoms with Crippen LogP contribution < -0.4 is 0 Å². The number of imide groups is 2. The number of carbonyl (C=O) groups is 4. The molecule has 2 aliphatic heterocycles. The fourth-order valence-electron chi connectivity index (χ4n) is 2.88. The number of hydrogen-bond acceptors (Lipinski definition) is 4. The van der Waals surface area contributed by atoms with E-state index in [-0.39, 0.29) is 13.0 Å². The van der Waals surface area contributed by atoms with Crippen molar-refractivity contribution in [3.05, 3.63) is 35.9 Å². The van der Waals surface area contributed by atoms with Crippen molar-refractivity contribution in [3.63, 3.8) is 0 Å². The van der Waals surface area contributed by atoms with Crippen LogP contribution in [0.3, 0.4) is 0 Å². The van der Waals surface area contributed by atoms with Crippen molar-refractivity contribution in [2.45, 2.75) is 13.0 Å². The number of piperidine rings is 1. The number of amides is 4. The maximum absolute atomic E-state index is 12.4. The van der Waals surface area contributed by atoms with Crippen molar-refractivity contribution < 1.29 is 19.2 Å². The summed E-state index contributed by atoms with van der Waals surface area (Å²) in [5.74, 6) is -3.78. The fraction of sp³-hybridized carbons (Fsp3) is 0.333. The second-order valence-electron chi connectivity index (χ2n) is 5.33. The average molecular weight is 286 g/mol. The molecule has 0 bridgehead atoms. The summed E-state index contributed by atoms with van der Waals surface area (Å²) in [6.45, 7) is 0.132. The molecule has 0 spiro atoms. The average Bonchev–Trinajstić information content (AvgIpc) is 2.69. The molecule has 2 saturated heterocycles. The SMILES string of the molecule is CN1C(=O)[C@H]2C(=O)N(Cc3ccccc3)C(=O)C[C@@H]2C1=O. The normalized spacial score (nSPS) is 25.6. The predicted octanol–water partition coefficient (Wildman–Crippen LogP) is 0.176. The highest BCUT2D eigenvalue weighted by molar-refractivity contribution is 6.19. The van der Waals surface area contributed by atoms with Gasteiger partial charge in [-0.3, -0.25) is 29.0 Å². The molecule has 6 nitrogen and oxygen atoms in total. The first-order valence-electron chi connectivity index (χ1n) is 6.70. The fourth-order valence-corrected chi connectivity index (χ4v) is 2.88. The number of hydrogen-bond donors (Lipinski definition) is 0. The van der Waals surface area contributed by atoms with Gasteiger partial charge in [0.2, 0.25) is 23.6 Å². The van der Waals surface area contributed by atoms with Gasteiger partial charge in [-0.25, -0.2) is 0 Å². The summed E-state index contributed by atoms with van der Waals surface area (Å²) in [5.41, 5.74) is 0.808. The maximum atomic E-state index is 12.4. The van der Waals surface area contributed by atoms with Crippen LogP contribution in [0.2, 0.25) is 0 Å². The minimum Gasteiger partial charge on any atom is -0.285 e. The summed E-state index contributed by atoms with van der Waals surface area (Å²) in [6, 6.07) is 9.08. The molecular weight excluding hydrogens is 272 g/mol. The number of benzene rings is 1. The first-order valence-corrected chi connectivity index (χ1v) is 6.70. The van der Waals surface area contributed by atoms with Gasteiger partial charge in [-0.05, 0) is 5.56 Å². The van der Waals surface area contributed by atoms with Crippen molar-refractivity contribution in [1.82, 2.24) is 9.80 Å². The van der Waals surface area contributed by atoms with Crippen LogP contribution in [0.15, 0.2) is 30.3 Å². The van der Waals surface area contributed by atoms with Gasteiger partial charge in [-0.15, -0.1) is 0 Å². The van der Waals surface area contributed by atoms with Crippen LogP contribution >= 0.6 is 0 Å². The molecule has 1 aromatic rings. The van der Waals surface area contributed by atoms with Crippen molar-refractivity contribution in [3.8, 4) is 0 Å². The third-order valence-corrected chi connectivity index (χ3v) is 4.06. The van der Waals surface area contributed by atoms with Crippen LogP contribution in [-0.4, -0.2) is 40.5 Å². The lowest BCUT2D eigenvalue weighted by Crippen LogP contribution is -2.49. The Balaban J connectivity index is 1.88. The molecule has 3 rings (SSSR count). The van der Waals surface area contributed by atoms with Crippen molar-refractivity contribution in [2.24, 2.45) is 11.8 Å². The molecule has 2 atom stereocenters. The summed E-state index contributed by atoms with van der Waals surface area (Å²) in [6.07, 6.45) is -0.0852. The lowest BCUT2D eigenvalue weighted by atomic mass is 9.86. The smallest absolute Gasteiger partial charge is 0.242 e. The summed E-state index contributed by atoms with van der Waals surface area (Å²) < 4.78 is 0. The van der Waals surface area contributed by atoms with E-state index in [4.69, 9.17) is 0 Å². The van der Waals surface area contributed by atoms with E-state index in [1.165, 1.54) is 7.05 Å². The molecule has 1 aromatic carbocycles. The third kappa shape index (κ3) is 2.03. The van der Waals surface area contributed by atoms with Gasteiger partial charge in [0.05, 0.1) is 12.5 Å². The molecule has 2 heterocycles. The highest BCUT2D eigenvalue weighted by atomic mass is 16.2. The monoisotopic (exact) mass is 286 g/mol. The molecule has 6 heteroatoms. The van der Waals surface area contributed by atoms with Gasteiger partial charge in [-0.1, -0.05) is 30.3 Å². The molecule has 21 heavy (non-hydrogen) atoms. The predicted molar refractivity (Wildman–Crippen MR) is 71.4 cm³/mol. The third-order valence-electron chi connectivity index (χ3n) is 4.06. The van der Waals surface area contributed by atoms with Crippen molar-refractivity contribution in [2.75, 3.05) is 7.05 Å². The number of nitrogens with zero attached hydrogens (tertiary/aromatic N) is 2. The highest BCUT2D eigenvalue weighted by Crippen LogP contribution is 2.34. The van der Waals surface area contributed by atoms with Crippen LogP contribution in [-0.2, 0) is 25.7 Å². The summed E-state index contributed by atoms with van der Waals surface area (Å²) >= 11 is 0. The number of fused-ring (bicyclic) bond motifs is 1. The van der Waals surface area contributed by atoms with Crippen LogP contribution in [0.1, 0.15) is 12.0 Å². The number of likely N-dealkylation sites (tertiary alicyclic amines) is 2. The molecular formula is C15H14N2O4. The van der Waals surface area contributed by atoms with Gasteiger partial charge in [0.25, 0.3) is 0 Å². The van der Waals surface area contributed by atoms with Crippen LogP contribution in [0.5, 0.6) is 0 Å². The zero-order valence-corrected chi connectivity index (χ0v) is 11.5. The molecule has 2 fully saturated rings. The Morgan fingerprint density at radius 2 is 1.67 bits per heavy atom. The largest absolute Gasteiger partial charge is 0.285 e. The molecule has 0 aliphatic carbocycles. The minimum atomic E-state index is -1.04. The lowest BCUT2D eigenvalue weighted by molar-refractivity contribution is -0.157. The standard InChI is InChI=1S/C15H14N2O4/c1-16-13(19)10-7-11(18)17(15(21)12(10)14(16)20)8-9-5-3-2-4-6-9/h2-6,10,12H,7-8H2,1H3/t10-,12-/m0/s1. The summed E-state index contributed by atoms with van der Waals surface area (Å²) in [4.78, 5) is 50.5. The van der Waals surface area contributed by atoms with E-state index in [9.17, 15) is 19.2 Å².